The van der Waals surface area contributed by atoms with Crippen molar-refractivity contribution in [3.63, 3.8) is 0 Å². The highest BCUT2D eigenvalue weighted by molar-refractivity contribution is 7.91. The fourth-order valence-corrected chi connectivity index (χ4v) is 4.59. The number of ether oxygens (including phenoxy) is 1. The number of hydrogen-bond donors (Lipinski definition) is 0. The van der Waals surface area contributed by atoms with E-state index in [4.69, 9.17) is 4.74 Å². The van der Waals surface area contributed by atoms with E-state index in [0.717, 1.165) is 5.75 Å². The van der Waals surface area contributed by atoms with Gasteiger partial charge in [0.15, 0.2) is 15.7 Å². The molecule has 1 unspecified atom stereocenters. The van der Waals surface area contributed by atoms with Gasteiger partial charge in [-0.25, -0.2) is 8.42 Å². The minimum absolute atomic E-state index is 0.0737. The average molecular weight is 361 g/mol. The van der Waals surface area contributed by atoms with Gasteiger partial charge in [0.25, 0.3) is 0 Å². The highest BCUT2D eigenvalue weighted by Crippen LogP contribution is 2.24. The third kappa shape index (κ3) is 3.58. The van der Waals surface area contributed by atoms with Gasteiger partial charge in [0.2, 0.25) is 5.69 Å². The smallest absolute Gasteiger partial charge is 0.207 e. The molecule has 2 heterocycles. The Balaban J connectivity index is 1.88. The molecular weight excluding hydrogens is 342 g/mol. The Bertz CT molecular complexity index is 899. The predicted octanol–water partition coefficient (Wildman–Crippen LogP) is 1.16. The zero-order valence-corrected chi connectivity index (χ0v) is 14.9. The highest BCUT2D eigenvalue weighted by atomic mass is 32.2. The molecule has 0 aliphatic carbocycles. The Morgan fingerprint density at radius 2 is 2.08 bits per heavy atom. The number of rotatable bonds is 5. The van der Waals surface area contributed by atoms with Crippen LogP contribution in [0.15, 0.2) is 24.3 Å². The van der Waals surface area contributed by atoms with Gasteiger partial charge in [-0.1, -0.05) is 0 Å². The molecular formula is C16H19N5O3S. The van der Waals surface area contributed by atoms with Gasteiger partial charge in [-0.05, 0) is 37.6 Å². The zero-order valence-electron chi connectivity index (χ0n) is 14.1. The minimum atomic E-state index is -3.02. The molecule has 1 aliphatic rings. The van der Waals surface area contributed by atoms with Gasteiger partial charge in [-0.15, -0.1) is 15.0 Å². The van der Waals surface area contributed by atoms with Gasteiger partial charge in [-0.2, -0.15) is 5.26 Å². The second-order valence-corrected chi connectivity index (χ2v) is 8.10. The molecule has 1 aliphatic heterocycles. The third-order valence-corrected chi connectivity index (χ3v) is 5.92. The first-order valence-corrected chi connectivity index (χ1v) is 9.79. The minimum Gasteiger partial charge on any atom is -0.494 e. The van der Waals surface area contributed by atoms with Crippen LogP contribution in [0, 0.1) is 11.3 Å². The fourth-order valence-electron chi connectivity index (χ4n) is 2.82. The van der Waals surface area contributed by atoms with Crippen molar-refractivity contribution in [1.29, 1.82) is 5.26 Å². The standard InChI is InChI=1S/C16H19N5O3S/c1-3-24-14-6-4-12(5-7-14)21-18-15(10-17)16(19-21)20(2)13-8-9-25(22,23)11-13/h4-7,13H,3,8-9,11H2,1-2H3. The van der Waals surface area contributed by atoms with Crippen molar-refractivity contribution in [2.45, 2.75) is 19.4 Å². The highest BCUT2D eigenvalue weighted by Gasteiger charge is 2.33. The Morgan fingerprint density at radius 3 is 2.64 bits per heavy atom. The number of aromatic nitrogens is 3. The van der Waals surface area contributed by atoms with E-state index in [0.29, 0.717) is 24.5 Å². The van der Waals surface area contributed by atoms with Crippen LogP contribution in [-0.4, -0.2) is 54.6 Å². The van der Waals surface area contributed by atoms with Gasteiger partial charge in [0.1, 0.15) is 11.8 Å². The van der Waals surface area contributed by atoms with Crippen LogP contribution in [0.2, 0.25) is 0 Å². The summed E-state index contributed by atoms with van der Waals surface area (Å²) in [7, 11) is -1.27. The van der Waals surface area contributed by atoms with Crippen molar-refractivity contribution >= 4 is 15.7 Å². The Morgan fingerprint density at radius 1 is 1.36 bits per heavy atom. The Kier molecular flexibility index (Phi) is 4.63. The number of hydrogen-bond acceptors (Lipinski definition) is 7. The normalized spacial score (nSPS) is 18.7. The second-order valence-electron chi connectivity index (χ2n) is 5.87. The third-order valence-electron chi connectivity index (χ3n) is 4.17. The van der Waals surface area contributed by atoms with Crippen LogP contribution in [0.1, 0.15) is 19.0 Å². The van der Waals surface area contributed by atoms with Crippen molar-refractivity contribution in [2.24, 2.45) is 0 Å². The van der Waals surface area contributed by atoms with Crippen LogP contribution < -0.4 is 9.64 Å². The first-order chi connectivity index (χ1) is 11.9. The van der Waals surface area contributed by atoms with Gasteiger partial charge in [-0.3, -0.25) is 0 Å². The molecule has 1 aromatic heterocycles. The van der Waals surface area contributed by atoms with E-state index in [1.165, 1.54) is 4.80 Å². The molecule has 0 spiro atoms. The van der Waals surface area contributed by atoms with E-state index in [-0.39, 0.29) is 23.2 Å². The van der Waals surface area contributed by atoms with Gasteiger partial charge in [0, 0.05) is 13.1 Å². The van der Waals surface area contributed by atoms with Gasteiger partial charge >= 0.3 is 0 Å². The van der Waals surface area contributed by atoms with Crippen molar-refractivity contribution < 1.29 is 13.2 Å². The molecule has 2 aromatic rings. The van der Waals surface area contributed by atoms with Crippen molar-refractivity contribution in [3.8, 4) is 17.5 Å². The van der Waals surface area contributed by atoms with Crippen molar-refractivity contribution in [1.82, 2.24) is 15.0 Å². The number of sulfone groups is 1. The van der Waals surface area contributed by atoms with Crippen LogP contribution in [-0.2, 0) is 9.84 Å². The van der Waals surface area contributed by atoms with E-state index in [2.05, 4.69) is 10.2 Å². The number of benzene rings is 1. The Labute approximate surface area is 146 Å². The lowest BCUT2D eigenvalue weighted by molar-refractivity contribution is 0.340. The fraction of sp³-hybridized carbons (Fsp3) is 0.438. The summed E-state index contributed by atoms with van der Waals surface area (Å²) < 4.78 is 28.8. The van der Waals surface area contributed by atoms with E-state index in [1.807, 2.05) is 13.0 Å². The SMILES string of the molecule is CCOc1ccc(-n2nc(C#N)c(N(C)C3CCS(=O)(=O)C3)n2)cc1. The van der Waals surface area contributed by atoms with E-state index in [9.17, 15) is 13.7 Å². The molecule has 1 aromatic carbocycles. The average Bonchev–Trinajstić information content (AvgIpc) is 3.18. The maximum Gasteiger partial charge on any atom is 0.207 e. The summed E-state index contributed by atoms with van der Waals surface area (Å²) >= 11 is 0. The van der Waals surface area contributed by atoms with Crippen LogP contribution in [0.3, 0.4) is 0 Å². The quantitative estimate of drug-likeness (QED) is 0.787. The lowest BCUT2D eigenvalue weighted by atomic mass is 10.2. The summed E-state index contributed by atoms with van der Waals surface area (Å²) in [6, 6.07) is 9.06. The molecule has 0 amide bonds. The molecule has 1 atom stereocenters. The summed E-state index contributed by atoms with van der Waals surface area (Å²) in [6.07, 6.45) is 0.527. The van der Waals surface area contributed by atoms with Crippen LogP contribution in [0.25, 0.3) is 5.69 Å². The lowest BCUT2D eigenvalue weighted by Gasteiger charge is -2.22. The lowest BCUT2D eigenvalue weighted by Crippen LogP contribution is -2.33. The molecule has 9 heteroatoms. The second kappa shape index (κ2) is 6.72. The molecule has 25 heavy (non-hydrogen) atoms. The van der Waals surface area contributed by atoms with Crippen LogP contribution in [0.5, 0.6) is 5.75 Å². The zero-order chi connectivity index (χ0) is 18.0. The topological polar surface area (TPSA) is 101 Å². The summed E-state index contributed by atoms with van der Waals surface area (Å²) in [5.74, 6) is 1.37. The first-order valence-electron chi connectivity index (χ1n) is 7.97. The molecule has 132 valence electrons. The molecule has 0 radical (unpaired) electrons. The van der Waals surface area contributed by atoms with Gasteiger partial charge < -0.3 is 9.64 Å². The predicted molar refractivity (Wildman–Crippen MR) is 92.7 cm³/mol. The summed E-state index contributed by atoms with van der Waals surface area (Å²) in [6.45, 7) is 2.49. The number of nitriles is 1. The largest absolute Gasteiger partial charge is 0.494 e. The molecule has 8 nitrogen and oxygen atoms in total. The maximum absolute atomic E-state index is 11.7. The first kappa shape index (κ1) is 17.2. The molecule has 3 rings (SSSR count). The number of nitrogens with zero attached hydrogens (tertiary/aromatic N) is 5. The molecule has 1 fully saturated rings. The van der Waals surface area contributed by atoms with Crippen molar-refractivity contribution in [2.75, 3.05) is 30.1 Å². The number of anilines is 1. The molecule has 0 saturated carbocycles. The van der Waals surface area contributed by atoms with E-state index < -0.39 is 9.84 Å². The Hall–Kier alpha value is -2.60. The maximum atomic E-state index is 11.7. The monoisotopic (exact) mass is 361 g/mol. The summed E-state index contributed by atoms with van der Waals surface area (Å²) in [5, 5.41) is 18.0. The van der Waals surface area contributed by atoms with Crippen LogP contribution >= 0.6 is 0 Å². The van der Waals surface area contributed by atoms with E-state index >= 15 is 0 Å². The van der Waals surface area contributed by atoms with Crippen LogP contribution in [0.4, 0.5) is 5.82 Å². The molecule has 1 saturated heterocycles. The summed E-state index contributed by atoms with van der Waals surface area (Å²) in [4.78, 5) is 3.12. The molecule has 0 N–H and O–H groups in total. The molecule has 0 bridgehead atoms. The van der Waals surface area contributed by atoms with E-state index in [1.54, 1.807) is 36.2 Å². The van der Waals surface area contributed by atoms with Gasteiger partial charge in [0.05, 0.1) is 23.8 Å². The summed E-state index contributed by atoms with van der Waals surface area (Å²) in [5.41, 5.74) is 0.860. The van der Waals surface area contributed by atoms with Crippen molar-refractivity contribution in [3.05, 3.63) is 30.0 Å².